The lowest BCUT2D eigenvalue weighted by Gasteiger charge is -2.36. The second kappa shape index (κ2) is 5.64. The van der Waals surface area contributed by atoms with Crippen molar-refractivity contribution in [2.45, 2.75) is 64.8 Å². The Labute approximate surface area is 83.1 Å². The number of rotatable bonds is 4. The van der Waals surface area contributed by atoms with Gasteiger partial charge in [-0.15, -0.1) is 0 Å². The summed E-state index contributed by atoms with van der Waals surface area (Å²) in [5.74, 6) is 1.77. The number of hydrogen-bond acceptors (Lipinski definition) is 1. The summed E-state index contributed by atoms with van der Waals surface area (Å²) < 4.78 is 0. The molecular weight excluding hydrogens is 158 g/mol. The van der Waals surface area contributed by atoms with E-state index in [1.54, 1.807) is 0 Å². The molecule has 13 heavy (non-hydrogen) atoms. The van der Waals surface area contributed by atoms with Gasteiger partial charge in [-0.25, -0.2) is 0 Å². The smallest absolute Gasteiger partial charge is 0.00698 e. The fraction of sp³-hybridized carbons (Fsp3) is 1.00. The zero-order chi connectivity index (χ0) is 9.68. The van der Waals surface area contributed by atoms with E-state index in [9.17, 15) is 0 Å². The van der Waals surface area contributed by atoms with E-state index in [1.165, 1.54) is 44.9 Å². The molecule has 0 amide bonds. The van der Waals surface area contributed by atoms with Gasteiger partial charge in [0.15, 0.2) is 0 Å². The highest BCUT2D eigenvalue weighted by molar-refractivity contribution is 4.84. The lowest BCUT2D eigenvalue weighted by molar-refractivity contribution is 0.180. The molecule has 1 fully saturated rings. The molecule has 78 valence electrons. The molecule has 0 bridgehead atoms. The molecule has 0 aliphatic heterocycles. The van der Waals surface area contributed by atoms with Crippen LogP contribution in [-0.2, 0) is 0 Å². The van der Waals surface area contributed by atoms with Gasteiger partial charge < -0.3 is 5.73 Å². The highest BCUT2D eigenvalue weighted by Gasteiger charge is 2.29. The Morgan fingerprint density at radius 2 is 1.77 bits per heavy atom. The quantitative estimate of drug-likeness (QED) is 0.711. The van der Waals surface area contributed by atoms with Crippen molar-refractivity contribution in [3.8, 4) is 0 Å². The first-order valence-corrected chi connectivity index (χ1v) is 6.05. The molecule has 1 aliphatic carbocycles. The van der Waals surface area contributed by atoms with E-state index in [0.29, 0.717) is 6.04 Å². The summed E-state index contributed by atoms with van der Waals surface area (Å²) in [4.78, 5) is 0. The molecule has 2 N–H and O–H groups in total. The van der Waals surface area contributed by atoms with Crippen LogP contribution >= 0.6 is 0 Å². The van der Waals surface area contributed by atoms with Crippen molar-refractivity contribution >= 4 is 0 Å². The van der Waals surface area contributed by atoms with Gasteiger partial charge in [0, 0.05) is 6.04 Å². The van der Waals surface area contributed by atoms with E-state index in [-0.39, 0.29) is 0 Å². The van der Waals surface area contributed by atoms with Crippen LogP contribution in [0.3, 0.4) is 0 Å². The van der Waals surface area contributed by atoms with Gasteiger partial charge >= 0.3 is 0 Å². The molecule has 0 saturated heterocycles. The zero-order valence-corrected chi connectivity index (χ0v) is 9.26. The monoisotopic (exact) mass is 183 g/mol. The van der Waals surface area contributed by atoms with Gasteiger partial charge in [0.2, 0.25) is 0 Å². The third kappa shape index (κ3) is 2.98. The van der Waals surface area contributed by atoms with E-state index < -0.39 is 0 Å². The molecule has 0 radical (unpaired) electrons. The SMILES string of the molecule is CCCC1CCCC(N)C1CCC. The predicted molar refractivity (Wildman–Crippen MR) is 58.6 cm³/mol. The highest BCUT2D eigenvalue weighted by atomic mass is 14.7. The molecule has 0 spiro atoms. The van der Waals surface area contributed by atoms with Crippen LogP contribution < -0.4 is 5.73 Å². The summed E-state index contributed by atoms with van der Waals surface area (Å²) in [5, 5.41) is 0. The minimum Gasteiger partial charge on any atom is -0.327 e. The van der Waals surface area contributed by atoms with Gasteiger partial charge in [-0.05, 0) is 24.7 Å². The highest BCUT2D eigenvalue weighted by Crippen LogP contribution is 2.35. The molecule has 0 heterocycles. The third-order valence-electron chi connectivity index (χ3n) is 3.55. The van der Waals surface area contributed by atoms with Crippen LogP contribution in [0.15, 0.2) is 0 Å². The van der Waals surface area contributed by atoms with Crippen molar-refractivity contribution in [2.75, 3.05) is 0 Å². The van der Waals surface area contributed by atoms with Crippen LogP contribution in [0.5, 0.6) is 0 Å². The van der Waals surface area contributed by atoms with Gasteiger partial charge in [-0.3, -0.25) is 0 Å². The van der Waals surface area contributed by atoms with Crippen molar-refractivity contribution in [2.24, 2.45) is 17.6 Å². The zero-order valence-electron chi connectivity index (χ0n) is 9.26. The van der Waals surface area contributed by atoms with Crippen LogP contribution in [-0.4, -0.2) is 6.04 Å². The Morgan fingerprint density at radius 1 is 1.08 bits per heavy atom. The van der Waals surface area contributed by atoms with Gasteiger partial charge in [-0.2, -0.15) is 0 Å². The summed E-state index contributed by atoms with van der Waals surface area (Å²) in [6.07, 6.45) is 9.46. The van der Waals surface area contributed by atoms with Crippen molar-refractivity contribution in [3.63, 3.8) is 0 Å². The van der Waals surface area contributed by atoms with Crippen molar-refractivity contribution < 1.29 is 0 Å². The van der Waals surface area contributed by atoms with E-state index in [0.717, 1.165) is 11.8 Å². The maximum Gasteiger partial charge on any atom is 0.00698 e. The minimum absolute atomic E-state index is 0.505. The molecule has 1 nitrogen and oxygen atoms in total. The third-order valence-corrected chi connectivity index (χ3v) is 3.55. The first kappa shape index (κ1) is 11.0. The van der Waals surface area contributed by atoms with E-state index in [4.69, 9.17) is 5.73 Å². The first-order valence-electron chi connectivity index (χ1n) is 6.05. The maximum absolute atomic E-state index is 6.19. The van der Waals surface area contributed by atoms with E-state index in [1.807, 2.05) is 0 Å². The molecule has 3 unspecified atom stereocenters. The molecule has 1 rings (SSSR count). The Balaban J connectivity index is 2.46. The summed E-state index contributed by atoms with van der Waals surface area (Å²) in [6, 6.07) is 0.505. The van der Waals surface area contributed by atoms with Crippen molar-refractivity contribution in [1.29, 1.82) is 0 Å². The second-order valence-electron chi connectivity index (χ2n) is 4.60. The summed E-state index contributed by atoms with van der Waals surface area (Å²) in [7, 11) is 0. The molecule has 0 aromatic rings. The second-order valence-corrected chi connectivity index (χ2v) is 4.60. The van der Waals surface area contributed by atoms with E-state index >= 15 is 0 Å². The average Bonchev–Trinajstić information content (AvgIpc) is 2.11. The first-order chi connectivity index (χ1) is 6.29. The predicted octanol–water partition coefficient (Wildman–Crippen LogP) is 3.33. The minimum atomic E-state index is 0.505. The largest absolute Gasteiger partial charge is 0.327 e. The lowest BCUT2D eigenvalue weighted by Crippen LogP contribution is -2.38. The molecule has 3 atom stereocenters. The number of nitrogens with two attached hydrogens (primary N) is 1. The van der Waals surface area contributed by atoms with Crippen LogP contribution in [0, 0.1) is 11.8 Å². The maximum atomic E-state index is 6.19. The standard InChI is InChI=1S/C12H25N/c1-3-6-10-8-5-9-12(13)11(10)7-4-2/h10-12H,3-9,13H2,1-2H3. The summed E-state index contributed by atoms with van der Waals surface area (Å²) in [6.45, 7) is 4.58. The molecule has 0 aromatic carbocycles. The van der Waals surface area contributed by atoms with Crippen LogP contribution in [0.1, 0.15) is 58.8 Å². The van der Waals surface area contributed by atoms with Crippen molar-refractivity contribution in [3.05, 3.63) is 0 Å². The van der Waals surface area contributed by atoms with Crippen LogP contribution in [0.4, 0.5) is 0 Å². The molecule has 1 aliphatic rings. The van der Waals surface area contributed by atoms with Gasteiger partial charge in [0.1, 0.15) is 0 Å². The average molecular weight is 183 g/mol. The van der Waals surface area contributed by atoms with Gasteiger partial charge in [0.05, 0.1) is 0 Å². The Kier molecular flexibility index (Phi) is 4.79. The van der Waals surface area contributed by atoms with Crippen molar-refractivity contribution in [1.82, 2.24) is 0 Å². The summed E-state index contributed by atoms with van der Waals surface area (Å²) in [5.41, 5.74) is 6.19. The Morgan fingerprint density at radius 3 is 2.38 bits per heavy atom. The fourth-order valence-corrected chi connectivity index (χ4v) is 2.91. The lowest BCUT2D eigenvalue weighted by atomic mass is 9.72. The van der Waals surface area contributed by atoms with Gasteiger partial charge in [-0.1, -0.05) is 46.0 Å². The molecule has 1 saturated carbocycles. The van der Waals surface area contributed by atoms with Gasteiger partial charge in [0.25, 0.3) is 0 Å². The molecule has 1 heteroatoms. The van der Waals surface area contributed by atoms with Crippen LogP contribution in [0.25, 0.3) is 0 Å². The van der Waals surface area contributed by atoms with Crippen LogP contribution in [0.2, 0.25) is 0 Å². The Bertz CT molecular complexity index is 131. The normalized spacial score (nSPS) is 34.8. The molecule has 0 aromatic heterocycles. The topological polar surface area (TPSA) is 26.0 Å². The Hall–Kier alpha value is -0.0400. The fourth-order valence-electron chi connectivity index (χ4n) is 2.91. The van der Waals surface area contributed by atoms with E-state index in [2.05, 4.69) is 13.8 Å². The number of hydrogen-bond donors (Lipinski definition) is 1. The molecular formula is C12H25N. The summed E-state index contributed by atoms with van der Waals surface area (Å²) >= 11 is 0.